The second kappa shape index (κ2) is 7.09. The Bertz CT molecular complexity index is 362. The molecule has 0 heterocycles. The summed E-state index contributed by atoms with van der Waals surface area (Å²) in [4.78, 5) is 0. The van der Waals surface area contributed by atoms with Crippen LogP contribution in [0.25, 0.3) is 0 Å². The maximum absolute atomic E-state index is 3.60. The van der Waals surface area contributed by atoms with Crippen molar-refractivity contribution in [2.75, 3.05) is 6.54 Å². The van der Waals surface area contributed by atoms with Crippen molar-refractivity contribution < 1.29 is 0 Å². The summed E-state index contributed by atoms with van der Waals surface area (Å²) in [5.74, 6) is 0.718. The van der Waals surface area contributed by atoms with E-state index in [0.29, 0.717) is 6.04 Å². The molecule has 1 aromatic rings. The molecule has 0 aromatic heterocycles. The van der Waals surface area contributed by atoms with Gasteiger partial charge >= 0.3 is 0 Å². The van der Waals surface area contributed by atoms with Crippen molar-refractivity contribution in [2.45, 2.75) is 65.8 Å². The predicted molar refractivity (Wildman–Crippen MR) is 85.6 cm³/mol. The number of nitrogens with one attached hydrogen (secondary N) is 1. The molecule has 0 aliphatic heterocycles. The fourth-order valence-corrected chi connectivity index (χ4v) is 2.43. The minimum atomic E-state index is 0.282. The lowest BCUT2D eigenvalue weighted by Crippen LogP contribution is -2.23. The largest absolute Gasteiger partial charge is 0.310 e. The van der Waals surface area contributed by atoms with E-state index in [9.17, 15) is 0 Å². The monoisotopic (exact) mass is 261 g/mol. The first-order chi connectivity index (χ1) is 8.90. The molecule has 1 N–H and O–H groups in total. The van der Waals surface area contributed by atoms with Gasteiger partial charge in [0.25, 0.3) is 0 Å². The fraction of sp³-hybridized carbons (Fsp3) is 0.667. The first-order valence-corrected chi connectivity index (χ1v) is 7.74. The molecule has 19 heavy (non-hydrogen) atoms. The van der Waals surface area contributed by atoms with Crippen molar-refractivity contribution in [1.29, 1.82) is 0 Å². The lowest BCUT2D eigenvalue weighted by molar-refractivity contribution is 0.438. The second-order valence-corrected chi connectivity index (χ2v) is 6.60. The first kappa shape index (κ1) is 16.2. The molecule has 0 radical (unpaired) electrons. The van der Waals surface area contributed by atoms with Crippen LogP contribution in [0.5, 0.6) is 0 Å². The molecule has 1 atom stereocenters. The van der Waals surface area contributed by atoms with Gasteiger partial charge in [-0.2, -0.15) is 0 Å². The van der Waals surface area contributed by atoms with E-state index in [0.717, 1.165) is 12.5 Å². The first-order valence-electron chi connectivity index (χ1n) is 7.74. The van der Waals surface area contributed by atoms with Crippen LogP contribution in [-0.2, 0) is 5.41 Å². The number of benzene rings is 1. The lowest BCUT2D eigenvalue weighted by atomic mass is 9.81. The van der Waals surface area contributed by atoms with Crippen molar-refractivity contribution >= 4 is 0 Å². The summed E-state index contributed by atoms with van der Waals surface area (Å²) in [6, 6.07) is 9.72. The summed E-state index contributed by atoms with van der Waals surface area (Å²) in [5, 5.41) is 3.60. The van der Waals surface area contributed by atoms with Crippen molar-refractivity contribution in [3.8, 4) is 0 Å². The smallest absolute Gasteiger partial charge is 0.0322 e. The van der Waals surface area contributed by atoms with Gasteiger partial charge in [0.2, 0.25) is 0 Å². The van der Waals surface area contributed by atoms with Crippen LogP contribution in [0, 0.1) is 5.92 Å². The highest BCUT2D eigenvalue weighted by atomic mass is 14.9. The van der Waals surface area contributed by atoms with Gasteiger partial charge in [-0.25, -0.2) is 0 Å². The highest BCUT2D eigenvalue weighted by Crippen LogP contribution is 2.29. The molecule has 1 aromatic carbocycles. The molecule has 0 saturated carbocycles. The van der Waals surface area contributed by atoms with E-state index in [2.05, 4.69) is 71.1 Å². The second-order valence-electron chi connectivity index (χ2n) is 6.60. The van der Waals surface area contributed by atoms with Crippen LogP contribution in [-0.4, -0.2) is 6.54 Å². The Morgan fingerprint density at radius 2 is 1.63 bits per heavy atom. The van der Waals surface area contributed by atoms with E-state index < -0.39 is 0 Å². The van der Waals surface area contributed by atoms with E-state index in [1.54, 1.807) is 0 Å². The van der Waals surface area contributed by atoms with Gasteiger partial charge in [-0.15, -0.1) is 0 Å². The summed E-state index contributed by atoms with van der Waals surface area (Å²) in [6.45, 7) is 14.7. The van der Waals surface area contributed by atoms with E-state index in [1.807, 2.05) is 0 Å². The highest BCUT2D eigenvalue weighted by molar-refractivity contribution is 5.29. The molecule has 1 rings (SSSR count). The Kier molecular flexibility index (Phi) is 6.06. The van der Waals surface area contributed by atoms with Crippen LogP contribution in [0.4, 0.5) is 0 Å². The average molecular weight is 261 g/mol. The Morgan fingerprint density at radius 3 is 2.05 bits per heavy atom. The van der Waals surface area contributed by atoms with Crippen molar-refractivity contribution in [2.24, 2.45) is 5.92 Å². The van der Waals surface area contributed by atoms with Gasteiger partial charge in [-0.3, -0.25) is 0 Å². The van der Waals surface area contributed by atoms with Gasteiger partial charge in [-0.05, 0) is 41.8 Å². The maximum atomic E-state index is 3.60. The van der Waals surface area contributed by atoms with Crippen LogP contribution in [0.15, 0.2) is 24.3 Å². The van der Waals surface area contributed by atoms with E-state index in [4.69, 9.17) is 0 Å². The maximum Gasteiger partial charge on any atom is 0.0322 e. The third-order valence-corrected chi connectivity index (χ3v) is 4.14. The van der Waals surface area contributed by atoms with Gasteiger partial charge in [0, 0.05) is 6.04 Å². The number of hydrogen-bond acceptors (Lipinski definition) is 1. The zero-order chi connectivity index (χ0) is 14.5. The molecule has 0 spiro atoms. The molecule has 0 saturated heterocycles. The van der Waals surface area contributed by atoms with Crippen LogP contribution in [0.1, 0.15) is 71.6 Å². The molecule has 1 unspecified atom stereocenters. The molecular weight excluding hydrogens is 230 g/mol. The summed E-state index contributed by atoms with van der Waals surface area (Å²) in [6.07, 6.45) is 2.37. The van der Waals surface area contributed by atoms with Gasteiger partial charge in [0.05, 0.1) is 0 Å². The number of rotatable bonds is 7. The van der Waals surface area contributed by atoms with E-state index in [-0.39, 0.29) is 5.41 Å². The number of hydrogen-bond donors (Lipinski definition) is 1. The Balaban J connectivity index is 2.88. The summed E-state index contributed by atoms with van der Waals surface area (Å²) >= 11 is 0. The van der Waals surface area contributed by atoms with Crippen molar-refractivity contribution in [1.82, 2.24) is 5.32 Å². The molecule has 0 bridgehead atoms. The molecule has 0 aliphatic carbocycles. The standard InChI is InChI=1S/C18H31N/c1-7-18(5,6)16-11-9-15(10-12-16)17(19-8-2)13-14(3)4/h9-12,14,17,19H,7-8,13H2,1-6H3. The van der Waals surface area contributed by atoms with Crippen molar-refractivity contribution in [3.63, 3.8) is 0 Å². The SMILES string of the molecule is CCNC(CC(C)C)c1ccc(C(C)(C)CC)cc1. The molecule has 0 fully saturated rings. The zero-order valence-corrected chi connectivity index (χ0v) is 13.6. The summed E-state index contributed by atoms with van der Waals surface area (Å²) in [7, 11) is 0. The van der Waals surface area contributed by atoms with Gasteiger partial charge < -0.3 is 5.32 Å². The fourth-order valence-electron chi connectivity index (χ4n) is 2.43. The van der Waals surface area contributed by atoms with E-state index in [1.165, 1.54) is 24.0 Å². The molecule has 0 amide bonds. The highest BCUT2D eigenvalue weighted by Gasteiger charge is 2.18. The van der Waals surface area contributed by atoms with Gasteiger partial charge in [-0.1, -0.05) is 65.8 Å². The quantitative estimate of drug-likeness (QED) is 0.722. The Labute approximate surface area is 119 Å². The summed E-state index contributed by atoms with van der Waals surface area (Å²) in [5.41, 5.74) is 3.15. The topological polar surface area (TPSA) is 12.0 Å². The Hall–Kier alpha value is -0.820. The van der Waals surface area contributed by atoms with E-state index >= 15 is 0 Å². The molecule has 1 heteroatoms. The third-order valence-electron chi connectivity index (χ3n) is 4.14. The van der Waals surface area contributed by atoms with Crippen LogP contribution >= 0.6 is 0 Å². The van der Waals surface area contributed by atoms with Gasteiger partial charge in [0.1, 0.15) is 0 Å². The minimum Gasteiger partial charge on any atom is -0.310 e. The zero-order valence-electron chi connectivity index (χ0n) is 13.6. The average Bonchev–Trinajstić information content (AvgIpc) is 2.38. The molecule has 0 aliphatic rings. The Morgan fingerprint density at radius 1 is 1.05 bits per heavy atom. The third kappa shape index (κ3) is 4.65. The normalized spacial score (nSPS) is 13.8. The molecule has 108 valence electrons. The van der Waals surface area contributed by atoms with Gasteiger partial charge in [0.15, 0.2) is 0 Å². The van der Waals surface area contributed by atoms with Crippen LogP contribution in [0.2, 0.25) is 0 Å². The minimum absolute atomic E-state index is 0.282. The lowest BCUT2D eigenvalue weighted by Gasteiger charge is -2.25. The molecular formula is C18H31N. The van der Waals surface area contributed by atoms with Crippen LogP contribution < -0.4 is 5.32 Å². The predicted octanol–water partition coefficient (Wildman–Crippen LogP) is 5.07. The van der Waals surface area contributed by atoms with Crippen LogP contribution in [0.3, 0.4) is 0 Å². The summed E-state index contributed by atoms with van der Waals surface area (Å²) < 4.78 is 0. The molecule has 1 nitrogen and oxygen atoms in total. The van der Waals surface area contributed by atoms with Crippen molar-refractivity contribution in [3.05, 3.63) is 35.4 Å².